The van der Waals surface area contributed by atoms with Crippen molar-refractivity contribution in [1.82, 2.24) is 14.9 Å². The van der Waals surface area contributed by atoms with Crippen LogP contribution in [-0.2, 0) is 6.54 Å². The Morgan fingerprint density at radius 2 is 1.97 bits per heavy atom. The van der Waals surface area contributed by atoms with Crippen molar-refractivity contribution in [3.8, 4) is 22.8 Å². The molecule has 1 aliphatic rings. The van der Waals surface area contributed by atoms with Crippen LogP contribution in [0.4, 0.5) is 5.69 Å². The summed E-state index contributed by atoms with van der Waals surface area (Å²) in [5.74, 6) is 1.48. The number of halogens is 1. The van der Waals surface area contributed by atoms with Gasteiger partial charge in [0.05, 0.1) is 23.5 Å². The number of carbonyl (C=O) groups is 1. The topological polar surface area (TPSA) is 91.4 Å². The molecule has 0 spiro atoms. The molecule has 1 aliphatic heterocycles. The Labute approximate surface area is 188 Å². The van der Waals surface area contributed by atoms with Crippen LogP contribution in [0.5, 0.6) is 11.5 Å². The fourth-order valence-corrected chi connectivity index (χ4v) is 3.79. The first-order valence-electron chi connectivity index (χ1n) is 10.0. The maximum atomic E-state index is 13.0. The molecule has 2 aromatic carbocycles. The lowest BCUT2D eigenvalue weighted by atomic mass is 10.1. The smallest absolute Gasteiger partial charge is 0.261 e. The first-order chi connectivity index (χ1) is 15.6. The van der Waals surface area contributed by atoms with Crippen molar-refractivity contribution in [3.63, 3.8) is 0 Å². The van der Waals surface area contributed by atoms with Crippen molar-refractivity contribution >= 4 is 23.2 Å². The van der Waals surface area contributed by atoms with Gasteiger partial charge in [-0.3, -0.25) is 9.48 Å². The molecule has 2 aromatic heterocycles. The average Bonchev–Trinajstić information content (AvgIpc) is 3.40. The number of nitrogens with zero attached hydrogens (tertiary/aromatic N) is 3. The van der Waals surface area contributed by atoms with Gasteiger partial charge in [0.1, 0.15) is 23.6 Å². The number of aromatic nitrogens is 3. The third-order valence-electron chi connectivity index (χ3n) is 5.07. The molecule has 1 N–H and O–H groups in total. The van der Waals surface area contributed by atoms with Gasteiger partial charge in [-0.2, -0.15) is 5.10 Å². The molecule has 0 fully saturated rings. The monoisotopic (exact) mass is 450 g/mol. The maximum absolute atomic E-state index is 13.0. The van der Waals surface area contributed by atoms with Gasteiger partial charge >= 0.3 is 0 Å². The molecule has 0 bridgehead atoms. The van der Waals surface area contributed by atoms with Crippen LogP contribution in [0.25, 0.3) is 11.3 Å². The molecular formula is C23H19ClN4O4. The number of nitrogens with one attached hydrogen (secondary N) is 1. The number of hydrogen-bond donors (Lipinski definition) is 1. The number of benzene rings is 2. The maximum Gasteiger partial charge on any atom is 0.261 e. The lowest BCUT2D eigenvalue weighted by Crippen LogP contribution is -2.33. The summed E-state index contributed by atoms with van der Waals surface area (Å²) in [5.41, 5.74) is 1.88. The van der Waals surface area contributed by atoms with Crippen LogP contribution >= 0.6 is 11.6 Å². The molecule has 0 radical (unpaired) electrons. The average molecular weight is 451 g/mol. The third-order valence-corrected chi connectivity index (χ3v) is 5.40. The van der Waals surface area contributed by atoms with E-state index in [1.165, 1.54) is 0 Å². The number of para-hydroxylation sites is 2. The highest BCUT2D eigenvalue weighted by Gasteiger charge is 2.24. The molecule has 8 nitrogen and oxygen atoms in total. The Bertz CT molecular complexity index is 1280. The van der Waals surface area contributed by atoms with Gasteiger partial charge in [-0.1, -0.05) is 47.1 Å². The minimum Gasteiger partial charge on any atom is -0.486 e. The summed E-state index contributed by atoms with van der Waals surface area (Å²) in [6, 6.07) is 14.7. The Morgan fingerprint density at radius 1 is 1.19 bits per heavy atom. The highest BCUT2D eigenvalue weighted by Crippen LogP contribution is 2.32. The number of anilines is 1. The highest BCUT2D eigenvalue weighted by atomic mass is 35.5. The summed E-state index contributed by atoms with van der Waals surface area (Å²) in [6.07, 6.45) is 3.12. The van der Waals surface area contributed by atoms with E-state index in [9.17, 15) is 4.79 Å². The van der Waals surface area contributed by atoms with E-state index in [0.717, 1.165) is 5.75 Å². The predicted octanol–water partition coefficient (Wildman–Crippen LogP) is 4.59. The van der Waals surface area contributed by atoms with Crippen LogP contribution < -0.4 is 14.8 Å². The minimum atomic E-state index is -0.357. The van der Waals surface area contributed by atoms with Gasteiger partial charge in [0.15, 0.2) is 17.6 Å². The van der Waals surface area contributed by atoms with Gasteiger partial charge in [-0.15, -0.1) is 0 Å². The van der Waals surface area contributed by atoms with E-state index in [4.69, 9.17) is 25.6 Å². The molecule has 3 heterocycles. The van der Waals surface area contributed by atoms with Crippen LogP contribution in [0.15, 0.2) is 65.4 Å². The van der Waals surface area contributed by atoms with Crippen molar-refractivity contribution in [3.05, 3.63) is 77.3 Å². The van der Waals surface area contributed by atoms with E-state index < -0.39 is 0 Å². The number of fused-ring (bicyclic) bond motifs is 1. The molecule has 5 rings (SSSR count). The van der Waals surface area contributed by atoms with Crippen LogP contribution in [0.3, 0.4) is 0 Å². The van der Waals surface area contributed by atoms with Gasteiger partial charge in [-0.25, -0.2) is 0 Å². The molecule has 0 saturated heterocycles. The van der Waals surface area contributed by atoms with Crippen molar-refractivity contribution < 1.29 is 18.8 Å². The first-order valence-corrected chi connectivity index (χ1v) is 10.4. The summed E-state index contributed by atoms with van der Waals surface area (Å²) >= 11 is 6.28. The van der Waals surface area contributed by atoms with Crippen LogP contribution in [0.1, 0.15) is 16.1 Å². The number of rotatable bonds is 5. The Hall–Kier alpha value is -3.78. The fraction of sp³-hybridized carbons (Fsp3) is 0.174. The summed E-state index contributed by atoms with van der Waals surface area (Å²) < 4.78 is 18.7. The Kier molecular flexibility index (Phi) is 5.28. The second kappa shape index (κ2) is 8.39. The zero-order chi connectivity index (χ0) is 22.1. The number of aryl methyl sites for hydroxylation is 1. The largest absolute Gasteiger partial charge is 0.486 e. The van der Waals surface area contributed by atoms with Crippen LogP contribution in [-0.4, -0.2) is 33.6 Å². The lowest BCUT2D eigenvalue weighted by molar-refractivity contribution is 0.0759. The molecule has 1 amide bonds. The lowest BCUT2D eigenvalue weighted by Gasteiger charge is -2.26. The van der Waals surface area contributed by atoms with Gasteiger partial charge in [0, 0.05) is 11.8 Å². The van der Waals surface area contributed by atoms with Crippen molar-refractivity contribution in [2.45, 2.75) is 19.6 Å². The molecule has 32 heavy (non-hydrogen) atoms. The highest BCUT2D eigenvalue weighted by molar-refractivity contribution is 6.33. The van der Waals surface area contributed by atoms with E-state index in [0.29, 0.717) is 52.2 Å². The van der Waals surface area contributed by atoms with E-state index in [1.54, 1.807) is 36.1 Å². The van der Waals surface area contributed by atoms with Crippen molar-refractivity contribution in [2.24, 2.45) is 0 Å². The molecule has 162 valence electrons. The van der Waals surface area contributed by atoms with E-state index >= 15 is 0 Å². The standard InChI is InChI=1S/C23H19ClN4O4/c1-14-21(22(27-32-14)17-6-2-3-7-18(17)24)23(29)26-15-10-25-28(11-15)12-16-13-30-19-8-4-5-9-20(19)31-16/h2-11,16H,12-13H2,1H3,(H,26,29). The number of ether oxygens (including phenoxy) is 2. The molecule has 4 aromatic rings. The molecule has 1 atom stereocenters. The minimum absolute atomic E-state index is 0.194. The molecule has 0 saturated carbocycles. The zero-order valence-corrected chi connectivity index (χ0v) is 17.9. The Balaban J connectivity index is 1.29. The van der Waals surface area contributed by atoms with E-state index in [1.807, 2.05) is 36.4 Å². The van der Waals surface area contributed by atoms with Gasteiger partial charge in [-0.05, 0) is 25.1 Å². The molecular weight excluding hydrogens is 432 g/mol. The fourth-order valence-electron chi connectivity index (χ4n) is 3.56. The summed E-state index contributed by atoms with van der Waals surface area (Å²) in [5, 5.41) is 11.7. The van der Waals surface area contributed by atoms with Gasteiger partial charge in [0.2, 0.25) is 0 Å². The number of carbonyl (C=O) groups excluding carboxylic acids is 1. The quantitative estimate of drug-likeness (QED) is 0.478. The van der Waals surface area contributed by atoms with Crippen molar-refractivity contribution in [1.29, 1.82) is 0 Å². The predicted molar refractivity (Wildman–Crippen MR) is 118 cm³/mol. The first kappa shape index (κ1) is 20.1. The molecule has 1 unspecified atom stereocenters. The summed E-state index contributed by atoms with van der Waals surface area (Å²) in [4.78, 5) is 13.0. The van der Waals surface area contributed by atoms with E-state index in [-0.39, 0.29) is 12.0 Å². The second-order valence-electron chi connectivity index (χ2n) is 7.34. The molecule has 9 heteroatoms. The number of amides is 1. The zero-order valence-electron chi connectivity index (χ0n) is 17.1. The summed E-state index contributed by atoms with van der Waals surface area (Å²) in [7, 11) is 0. The molecule has 0 aliphatic carbocycles. The second-order valence-corrected chi connectivity index (χ2v) is 7.75. The third kappa shape index (κ3) is 3.92. The van der Waals surface area contributed by atoms with Crippen LogP contribution in [0, 0.1) is 6.92 Å². The summed E-state index contributed by atoms with van der Waals surface area (Å²) in [6.45, 7) is 2.57. The van der Waals surface area contributed by atoms with Gasteiger partial charge < -0.3 is 19.3 Å². The Morgan fingerprint density at radius 3 is 2.81 bits per heavy atom. The normalized spacial score (nSPS) is 14.9. The van der Waals surface area contributed by atoms with Crippen molar-refractivity contribution in [2.75, 3.05) is 11.9 Å². The van der Waals surface area contributed by atoms with Crippen LogP contribution in [0.2, 0.25) is 5.02 Å². The number of hydrogen-bond acceptors (Lipinski definition) is 6. The van der Waals surface area contributed by atoms with E-state index in [2.05, 4.69) is 15.6 Å². The SMILES string of the molecule is Cc1onc(-c2ccccc2Cl)c1C(=O)Nc1cnn(CC2COc3ccccc3O2)c1. The van der Waals surface area contributed by atoms with Gasteiger partial charge in [0.25, 0.3) is 5.91 Å².